The summed E-state index contributed by atoms with van der Waals surface area (Å²) in [5, 5.41) is 15.5. The predicted octanol–water partition coefficient (Wildman–Crippen LogP) is 3.64. The molecular weight excluding hydrogens is 304 g/mol. The number of aromatic nitrogens is 2. The molecule has 24 heavy (non-hydrogen) atoms. The Morgan fingerprint density at radius 2 is 1.88 bits per heavy atom. The quantitative estimate of drug-likeness (QED) is 0.878. The summed E-state index contributed by atoms with van der Waals surface area (Å²) < 4.78 is 12.3. The van der Waals surface area contributed by atoms with Crippen LogP contribution in [0.3, 0.4) is 0 Å². The smallest absolute Gasteiger partial charge is 0.119 e. The summed E-state index contributed by atoms with van der Waals surface area (Å²) in [6.07, 6.45) is 7.32. The number of hydrogen-bond acceptors (Lipinski definition) is 4. The molecule has 1 aromatic carbocycles. The van der Waals surface area contributed by atoms with Crippen molar-refractivity contribution in [3.05, 3.63) is 41.7 Å². The van der Waals surface area contributed by atoms with Crippen LogP contribution in [0.15, 0.2) is 30.5 Å². The number of methoxy groups -OCH3 is 2. The van der Waals surface area contributed by atoms with Gasteiger partial charge in [-0.25, -0.2) is 4.68 Å². The van der Waals surface area contributed by atoms with E-state index in [1.165, 1.54) is 19.3 Å². The first-order valence-corrected chi connectivity index (χ1v) is 8.63. The molecule has 1 aliphatic carbocycles. The molecule has 5 nitrogen and oxygen atoms in total. The van der Waals surface area contributed by atoms with Crippen LogP contribution in [0.4, 0.5) is 0 Å². The second-order valence-corrected chi connectivity index (χ2v) is 6.45. The van der Waals surface area contributed by atoms with E-state index in [-0.39, 0.29) is 0 Å². The minimum atomic E-state index is -0.470. The van der Waals surface area contributed by atoms with Gasteiger partial charge in [0.25, 0.3) is 0 Å². The lowest BCUT2D eigenvalue weighted by atomic mass is 9.83. The third-order valence-corrected chi connectivity index (χ3v) is 4.86. The van der Waals surface area contributed by atoms with Crippen molar-refractivity contribution in [2.75, 3.05) is 14.2 Å². The first-order valence-electron chi connectivity index (χ1n) is 8.63. The minimum Gasteiger partial charge on any atom is -0.497 e. The van der Waals surface area contributed by atoms with Crippen molar-refractivity contribution in [2.24, 2.45) is 5.92 Å². The second-order valence-electron chi connectivity index (χ2n) is 6.45. The lowest BCUT2D eigenvalue weighted by Crippen LogP contribution is -2.16. The Kier molecular flexibility index (Phi) is 5.53. The summed E-state index contributed by atoms with van der Waals surface area (Å²) in [5.74, 6) is 1.13. The summed E-state index contributed by atoms with van der Waals surface area (Å²) >= 11 is 0. The van der Waals surface area contributed by atoms with Crippen molar-refractivity contribution >= 4 is 0 Å². The molecule has 0 bridgehead atoms. The lowest BCUT2D eigenvalue weighted by molar-refractivity contribution is 0.0815. The molecular formula is C19H26N2O3. The highest BCUT2D eigenvalue weighted by atomic mass is 16.5. The topological polar surface area (TPSA) is 56.5 Å². The second kappa shape index (κ2) is 7.81. The molecule has 0 amide bonds. The van der Waals surface area contributed by atoms with Crippen LogP contribution in [-0.2, 0) is 11.3 Å². The molecule has 130 valence electrons. The van der Waals surface area contributed by atoms with Crippen LogP contribution in [0.2, 0.25) is 0 Å². The van der Waals surface area contributed by atoms with E-state index in [0.717, 1.165) is 35.5 Å². The average Bonchev–Trinajstić information content (AvgIpc) is 3.06. The van der Waals surface area contributed by atoms with Crippen molar-refractivity contribution in [1.82, 2.24) is 9.78 Å². The zero-order valence-corrected chi connectivity index (χ0v) is 14.4. The number of aliphatic hydroxyl groups excluding tert-OH is 1. The van der Waals surface area contributed by atoms with Gasteiger partial charge in [0.15, 0.2) is 0 Å². The number of rotatable bonds is 6. The van der Waals surface area contributed by atoms with Crippen LogP contribution in [0.25, 0.3) is 5.69 Å². The molecule has 3 rings (SSSR count). The predicted molar refractivity (Wildman–Crippen MR) is 92.4 cm³/mol. The zero-order valence-electron chi connectivity index (χ0n) is 14.4. The van der Waals surface area contributed by atoms with Gasteiger partial charge in [0, 0.05) is 18.9 Å². The molecule has 2 aromatic rings. The number of hydrogen-bond donors (Lipinski definition) is 1. The number of ether oxygens (including phenoxy) is 2. The Bertz CT molecular complexity index is 645. The van der Waals surface area contributed by atoms with Crippen molar-refractivity contribution in [3.8, 4) is 11.4 Å². The summed E-state index contributed by atoms with van der Waals surface area (Å²) in [6.45, 7) is 0.405. The van der Waals surface area contributed by atoms with Gasteiger partial charge in [-0.1, -0.05) is 19.3 Å². The van der Waals surface area contributed by atoms with Crippen molar-refractivity contribution in [1.29, 1.82) is 0 Å². The zero-order chi connectivity index (χ0) is 16.9. The molecule has 1 heterocycles. The first-order chi connectivity index (χ1) is 11.7. The molecule has 1 aliphatic rings. The fraction of sp³-hybridized carbons (Fsp3) is 0.526. The van der Waals surface area contributed by atoms with Gasteiger partial charge in [0.1, 0.15) is 5.75 Å². The van der Waals surface area contributed by atoms with E-state index in [1.807, 2.05) is 35.1 Å². The van der Waals surface area contributed by atoms with E-state index in [0.29, 0.717) is 12.5 Å². The van der Waals surface area contributed by atoms with E-state index in [2.05, 4.69) is 5.10 Å². The van der Waals surface area contributed by atoms with Crippen LogP contribution in [0, 0.1) is 5.92 Å². The third-order valence-electron chi connectivity index (χ3n) is 4.86. The monoisotopic (exact) mass is 330 g/mol. The summed E-state index contributed by atoms with van der Waals surface area (Å²) in [4.78, 5) is 0. The maximum atomic E-state index is 10.9. The van der Waals surface area contributed by atoms with E-state index < -0.39 is 6.10 Å². The number of aliphatic hydroxyl groups is 1. The van der Waals surface area contributed by atoms with Crippen molar-refractivity contribution < 1.29 is 14.6 Å². The van der Waals surface area contributed by atoms with E-state index >= 15 is 0 Å². The van der Waals surface area contributed by atoms with Gasteiger partial charge in [-0.05, 0) is 43.0 Å². The summed E-state index contributed by atoms with van der Waals surface area (Å²) in [6, 6.07) is 7.73. The molecule has 1 atom stereocenters. The maximum Gasteiger partial charge on any atom is 0.119 e. The maximum absolute atomic E-state index is 10.9. The van der Waals surface area contributed by atoms with Gasteiger partial charge in [-0.3, -0.25) is 0 Å². The fourth-order valence-corrected chi connectivity index (χ4v) is 3.49. The molecule has 1 N–H and O–H groups in total. The molecule has 5 heteroatoms. The van der Waals surface area contributed by atoms with Crippen molar-refractivity contribution in [2.45, 2.75) is 44.8 Å². The van der Waals surface area contributed by atoms with Gasteiger partial charge in [0.2, 0.25) is 0 Å². The first kappa shape index (κ1) is 17.0. The SMILES string of the molecule is COCc1nn(-c2ccc(OC)cc2)cc1C(O)C1CCCCC1. The Balaban J connectivity index is 1.88. The van der Waals surface area contributed by atoms with E-state index in [1.54, 1.807) is 14.2 Å². The summed E-state index contributed by atoms with van der Waals surface area (Å²) in [7, 11) is 3.31. The Hall–Kier alpha value is -1.85. The highest BCUT2D eigenvalue weighted by molar-refractivity contribution is 5.38. The standard InChI is InChI=1S/C19H26N2O3/c1-23-13-18-17(19(22)14-6-4-3-5-7-14)12-21(20-18)15-8-10-16(24-2)11-9-15/h8-12,14,19,22H,3-7,13H2,1-2H3. The molecule has 0 saturated heterocycles. The number of benzene rings is 1. The van der Waals surface area contributed by atoms with Crippen LogP contribution in [0.5, 0.6) is 5.75 Å². The molecule has 0 spiro atoms. The molecule has 1 aromatic heterocycles. The average molecular weight is 330 g/mol. The van der Waals surface area contributed by atoms with Crippen LogP contribution >= 0.6 is 0 Å². The van der Waals surface area contributed by atoms with Crippen LogP contribution in [-0.4, -0.2) is 29.1 Å². The molecule has 1 fully saturated rings. The van der Waals surface area contributed by atoms with Gasteiger partial charge < -0.3 is 14.6 Å². The molecule has 0 aliphatic heterocycles. The molecule has 0 radical (unpaired) electrons. The largest absolute Gasteiger partial charge is 0.497 e. The van der Waals surface area contributed by atoms with Gasteiger partial charge in [0.05, 0.1) is 31.2 Å². The van der Waals surface area contributed by atoms with E-state index in [9.17, 15) is 5.11 Å². The molecule has 1 saturated carbocycles. The van der Waals surface area contributed by atoms with Gasteiger partial charge in [-0.15, -0.1) is 0 Å². The fourth-order valence-electron chi connectivity index (χ4n) is 3.49. The van der Waals surface area contributed by atoms with Crippen LogP contribution in [0.1, 0.15) is 49.5 Å². The Morgan fingerprint density at radius 1 is 1.17 bits per heavy atom. The Labute approximate surface area is 143 Å². The molecule has 1 unspecified atom stereocenters. The highest BCUT2D eigenvalue weighted by Crippen LogP contribution is 2.36. The summed E-state index contributed by atoms with van der Waals surface area (Å²) in [5.41, 5.74) is 2.64. The lowest BCUT2D eigenvalue weighted by Gasteiger charge is -2.26. The van der Waals surface area contributed by atoms with Gasteiger partial charge in [-0.2, -0.15) is 5.10 Å². The van der Waals surface area contributed by atoms with Gasteiger partial charge >= 0.3 is 0 Å². The number of nitrogens with zero attached hydrogens (tertiary/aromatic N) is 2. The van der Waals surface area contributed by atoms with Crippen LogP contribution < -0.4 is 4.74 Å². The van der Waals surface area contributed by atoms with Crippen molar-refractivity contribution in [3.63, 3.8) is 0 Å². The minimum absolute atomic E-state index is 0.322. The highest BCUT2D eigenvalue weighted by Gasteiger charge is 2.27. The Morgan fingerprint density at radius 3 is 2.50 bits per heavy atom. The third kappa shape index (κ3) is 3.62. The normalized spacial score (nSPS) is 17.0. The van der Waals surface area contributed by atoms with E-state index in [4.69, 9.17) is 9.47 Å².